The Bertz CT molecular complexity index is 846. The molecule has 1 aliphatic heterocycles. The molecule has 8 nitrogen and oxygen atoms in total. The van der Waals surface area contributed by atoms with E-state index in [4.69, 9.17) is 10.5 Å². The summed E-state index contributed by atoms with van der Waals surface area (Å²) in [5.41, 5.74) is 7.90. The van der Waals surface area contributed by atoms with Crippen LogP contribution in [0.25, 0.3) is 0 Å². The minimum Gasteiger partial charge on any atom is -0.420 e. The van der Waals surface area contributed by atoms with Crippen LogP contribution in [-0.4, -0.2) is 15.1 Å². The smallest absolute Gasteiger partial charge is 0.269 e. The van der Waals surface area contributed by atoms with Gasteiger partial charge in [-0.05, 0) is 12.5 Å². The van der Waals surface area contributed by atoms with Gasteiger partial charge in [-0.2, -0.15) is 5.26 Å². The zero-order valence-corrected chi connectivity index (χ0v) is 11.5. The van der Waals surface area contributed by atoms with E-state index in [1.807, 2.05) is 6.07 Å². The predicted molar refractivity (Wildman–Crippen MR) is 75.7 cm³/mol. The normalized spacial score (nSPS) is 16.6. The molecular formula is C14H11N5O3. The number of hydrogen-bond donors (Lipinski definition) is 2. The summed E-state index contributed by atoms with van der Waals surface area (Å²) in [5, 5.41) is 27.2. The zero-order valence-electron chi connectivity index (χ0n) is 11.5. The molecule has 1 aromatic heterocycles. The highest BCUT2D eigenvalue weighted by Crippen LogP contribution is 2.42. The second kappa shape index (κ2) is 4.89. The van der Waals surface area contributed by atoms with Crippen LogP contribution in [0.2, 0.25) is 0 Å². The molecule has 1 atom stereocenters. The van der Waals surface area contributed by atoms with Crippen LogP contribution in [-0.2, 0) is 0 Å². The van der Waals surface area contributed by atoms with Crippen molar-refractivity contribution in [1.29, 1.82) is 5.26 Å². The minimum atomic E-state index is -0.549. The van der Waals surface area contributed by atoms with Crippen molar-refractivity contribution in [3.05, 3.63) is 62.7 Å². The maximum absolute atomic E-state index is 11.0. The van der Waals surface area contributed by atoms with Gasteiger partial charge in [0.05, 0.1) is 10.8 Å². The highest BCUT2D eigenvalue weighted by Gasteiger charge is 2.34. The van der Waals surface area contributed by atoms with Crippen LogP contribution in [0.3, 0.4) is 0 Å². The summed E-state index contributed by atoms with van der Waals surface area (Å²) >= 11 is 0. The molecule has 0 amide bonds. The molecule has 0 bridgehead atoms. The molecule has 1 unspecified atom stereocenters. The number of nitrogens with one attached hydrogen (secondary N) is 1. The Morgan fingerprint density at radius 2 is 2.32 bits per heavy atom. The third-order valence-electron chi connectivity index (χ3n) is 3.54. The molecule has 0 aliphatic carbocycles. The quantitative estimate of drug-likeness (QED) is 0.642. The second-order valence-electron chi connectivity index (χ2n) is 4.84. The maximum Gasteiger partial charge on any atom is 0.269 e. The first-order chi connectivity index (χ1) is 10.5. The van der Waals surface area contributed by atoms with E-state index in [1.54, 1.807) is 19.1 Å². The van der Waals surface area contributed by atoms with Crippen molar-refractivity contribution in [2.75, 3.05) is 0 Å². The topological polar surface area (TPSA) is 131 Å². The third-order valence-corrected chi connectivity index (χ3v) is 3.54. The van der Waals surface area contributed by atoms with Crippen LogP contribution < -0.4 is 10.5 Å². The molecule has 2 heterocycles. The van der Waals surface area contributed by atoms with E-state index in [9.17, 15) is 15.4 Å². The Morgan fingerprint density at radius 1 is 1.55 bits per heavy atom. The molecule has 110 valence electrons. The van der Waals surface area contributed by atoms with Crippen molar-refractivity contribution in [3.8, 4) is 11.9 Å². The molecule has 2 aromatic rings. The predicted octanol–water partition coefficient (Wildman–Crippen LogP) is 1.84. The van der Waals surface area contributed by atoms with Crippen LogP contribution in [0.1, 0.15) is 22.7 Å². The molecule has 0 saturated carbocycles. The van der Waals surface area contributed by atoms with E-state index in [0.29, 0.717) is 16.8 Å². The maximum atomic E-state index is 11.0. The van der Waals surface area contributed by atoms with Crippen molar-refractivity contribution in [2.45, 2.75) is 12.8 Å². The fourth-order valence-corrected chi connectivity index (χ4v) is 2.55. The van der Waals surface area contributed by atoms with Crippen molar-refractivity contribution < 1.29 is 9.66 Å². The van der Waals surface area contributed by atoms with Crippen LogP contribution in [0.4, 0.5) is 5.69 Å². The number of nitriles is 1. The van der Waals surface area contributed by atoms with Gasteiger partial charge in [0.2, 0.25) is 11.8 Å². The fraction of sp³-hybridized carbons (Fsp3) is 0.143. The largest absolute Gasteiger partial charge is 0.420 e. The molecule has 8 heteroatoms. The number of aromatic nitrogens is 2. The van der Waals surface area contributed by atoms with Crippen molar-refractivity contribution in [1.82, 2.24) is 10.2 Å². The van der Waals surface area contributed by atoms with Gasteiger partial charge in [0, 0.05) is 23.4 Å². The molecule has 0 radical (unpaired) electrons. The number of allylic oxidation sites excluding steroid dienone is 1. The van der Waals surface area contributed by atoms with Gasteiger partial charge in [-0.15, -0.1) is 5.10 Å². The number of H-pyrrole nitrogens is 1. The van der Waals surface area contributed by atoms with E-state index in [-0.39, 0.29) is 23.0 Å². The SMILES string of the molecule is Cc1[nH]nc2c1C(c1cccc([N+](=O)[O-])c1)C(C#N)=C(N)O2. The van der Waals surface area contributed by atoms with E-state index >= 15 is 0 Å². The van der Waals surface area contributed by atoms with Crippen LogP contribution in [0.5, 0.6) is 5.88 Å². The van der Waals surface area contributed by atoms with Gasteiger partial charge in [-0.25, -0.2) is 0 Å². The van der Waals surface area contributed by atoms with E-state index in [2.05, 4.69) is 10.2 Å². The summed E-state index contributed by atoms with van der Waals surface area (Å²) in [5.74, 6) is -0.309. The van der Waals surface area contributed by atoms with E-state index in [0.717, 1.165) is 0 Å². The fourth-order valence-electron chi connectivity index (χ4n) is 2.55. The number of aryl methyl sites for hydroxylation is 1. The van der Waals surface area contributed by atoms with Gasteiger partial charge in [0.15, 0.2) is 0 Å². The van der Waals surface area contributed by atoms with Gasteiger partial charge in [0.25, 0.3) is 5.69 Å². The van der Waals surface area contributed by atoms with Gasteiger partial charge in [-0.1, -0.05) is 12.1 Å². The van der Waals surface area contributed by atoms with E-state index < -0.39 is 10.8 Å². The Hall–Kier alpha value is -3.34. The van der Waals surface area contributed by atoms with Crippen LogP contribution in [0, 0.1) is 28.4 Å². The first-order valence-electron chi connectivity index (χ1n) is 6.39. The average molecular weight is 297 g/mol. The second-order valence-corrected chi connectivity index (χ2v) is 4.84. The first-order valence-corrected chi connectivity index (χ1v) is 6.39. The van der Waals surface area contributed by atoms with Gasteiger partial charge in [0.1, 0.15) is 11.6 Å². The zero-order chi connectivity index (χ0) is 15.9. The van der Waals surface area contributed by atoms with Gasteiger partial charge in [-0.3, -0.25) is 15.2 Å². The number of nitro groups is 1. The number of fused-ring (bicyclic) bond motifs is 1. The van der Waals surface area contributed by atoms with Crippen molar-refractivity contribution >= 4 is 5.69 Å². The number of rotatable bonds is 2. The Morgan fingerprint density at radius 3 is 3.00 bits per heavy atom. The molecule has 1 aromatic carbocycles. The van der Waals surface area contributed by atoms with Crippen molar-refractivity contribution in [3.63, 3.8) is 0 Å². The number of benzene rings is 1. The highest BCUT2D eigenvalue weighted by atomic mass is 16.6. The molecule has 3 N–H and O–H groups in total. The number of aromatic amines is 1. The van der Waals surface area contributed by atoms with Crippen molar-refractivity contribution in [2.24, 2.45) is 5.73 Å². The first kappa shape index (κ1) is 13.6. The standard InChI is InChI=1S/C14H11N5O3/c1-7-11-12(8-3-2-4-9(5-8)19(20)21)10(6-15)13(16)22-14(11)18-17-7/h2-5,12H,16H2,1H3,(H,17,18). The minimum absolute atomic E-state index is 0.0435. The molecule has 0 saturated heterocycles. The number of hydrogen-bond acceptors (Lipinski definition) is 6. The van der Waals surface area contributed by atoms with Gasteiger partial charge < -0.3 is 10.5 Å². The summed E-state index contributed by atoms with van der Waals surface area (Å²) in [6.45, 7) is 1.79. The van der Waals surface area contributed by atoms with E-state index in [1.165, 1.54) is 12.1 Å². The molecule has 0 fully saturated rings. The number of nitro benzene ring substituents is 1. The Kier molecular flexibility index (Phi) is 3.03. The summed E-state index contributed by atoms with van der Waals surface area (Å²) < 4.78 is 5.34. The number of ether oxygens (including phenoxy) is 1. The Balaban J connectivity index is 2.23. The lowest BCUT2D eigenvalue weighted by Gasteiger charge is -2.23. The lowest BCUT2D eigenvalue weighted by atomic mass is 9.84. The third kappa shape index (κ3) is 1.96. The molecule has 3 rings (SSSR count). The molecule has 0 spiro atoms. The number of nitrogens with zero attached hydrogens (tertiary/aromatic N) is 3. The summed E-state index contributed by atoms with van der Waals surface area (Å²) in [6.07, 6.45) is 0. The van der Waals surface area contributed by atoms with Gasteiger partial charge >= 0.3 is 0 Å². The average Bonchev–Trinajstić information content (AvgIpc) is 2.86. The summed E-state index contributed by atoms with van der Waals surface area (Å²) in [7, 11) is 0. The molecule has 22 heavy (non-hydrogen) atoms. The van der Waals surface area contributed by atoms with Crippen LogP contribution in [0.15, 0.2) is 35.7 Å². The highest BCUT2D eigenvalue weighted by molar-refractivity contribution is 5.56. The lowest BCUT2D eigenvalue weighted by molar-refractivity contribution is -0.384. The summed E-state index contributed by atoms with van der Waals surface area (Å²) in [6, 6.07) is 8.13. The monoisotopic (exact) mass is 297 g/mol. The summed E-state index contributed by atoms with van der Waals surface area (Å²) in [4.78, 5) is 10.5. The molecular weight excluding hydrogens is 286 g/mol. The number of non-ortho nitro benzene ring substituents is 1. The Labute approximate surface area is 125 Å². The lowest BCUT2D eigenvalue weighted by Crippen LogP contribution is -2.21. The number of nitrogens with two attached hydrogens (primary N) is 1. The van der Waals surface area contributed by atoms with Crippen LogP contribution >= 0.6 is 0 Å². The molecule has 1 aliphatic rings.